The minimum Gasteiger partial charge on any atom is -0.489 e. The number of amides is 1. The number of benzene rings is 3. The highest BCUT2D eigenvalue weighted by Gasteiger charge is 2.21. The molecule has 0 aromatic heterocycles. The van der Waals surface area contributed by atoms with Crippen LogP contribution in [-0.4, -0.2) is 17.0 Å². The van der Waals surface area contributed by atoms with E-state index in [0.717, 1.165) is 28.7 Å². The maximum atomic E-state index is 13.6. The van der Waals surface area contributed by atoms with E-state index in [0.29, 0.717) is 28.5 Å². The van der Waals surface area contributed by atoms with Crippen LogP contribution in [0.5, 0.6) is 5.75 Å². The van der Waals surface area contributed by atoms with Crippen molar-refractivity contribution >= 4 is 17.6 Å². The Morgan fingerprint density at radius 3 is 2.41 bits per heavy atom. The van der Waals surface area contributed by atoms with Gasteiger partial charge in [-0.2, -0.15) is 0 Å². The number of nitrogens with zero attached hydrogens (tertiary/aromatic N) is 1. The van der Waals surface area contributed by atoms with Crippen molar-refractivity contribution in [2.24, 2.45) is 5.92 Å². The minimum absolute atomic E-state index is 0.0730. The second-order valence-electron chi connectivity index (χ2n) is 9.86. The summed E-state index contributed by atoms with van der Waals surface area (Å²) in [5, 5.41) is 12.4. The molecule has 0 heterocycles. The second-order valence-corrected chi connectivity index (χ2v) is 9.86. The van der Waals surface area contributed by atoms with Gasteiger partial charge in [0.25, 0.3) is 5.91 Å². The molecule has 37 heavy (non-hydrogen) atoms. The van der Waals surface area contributed by atoms with Crippen molar-refractivity contribution in [2.45, 2.75) is 59.6 Å². The number of nitrogens with one attached hydrogen (secondary N) is 1. The largest absolute Gasteiger partial charge is 0.489 e. The molecule has 3 rings (SSSR count). The molecule has 0 aliphatic carbocycles. The summed E-state index contributed by atoms with van der Waals surface area (Å²) in [4.78, 5) is 28.3. The van der Waals surface area contributed by atoms with Gasteiger partial charge in [-0.1, -0.05) is 67.4 Å². The molecule has 2 N–H and O–H groups in total. The van der Waals surface area contributed by atoms with Crippen LogP contribution in [-0.2, 0) is 17.8 Å². The van der Waals surface area contributed by atoms with E-state index in [-0.39, 0.29) is 31.4 Å². The lowest BCUT2D eigenvalue weighted by Gasteiger charge is -2.23. The van der Waals surface area contributed by atoms with Gasteiger partial charge in [0.1, 0.15) is 12.4 Å². The summed E-state index contributed by atoms with van der Waals surface area (Å²) in [6.07, 6.45) is 0.937. The Bertz CT molecular complexity index is 1290. The van der Waals surface area contributed by atoms with Crippen molar-refractivity contribution in [3.63, 3.8) is 0 Å². The summed E-state index contributed by atoms with van der Waals surface area (Å²) < 4.78 is 5.95. The lowest BCUT2D eigenvalue weighted by molar-refractivity contribution is -0.136. The van der Waals surface area contributed by atoms with Crippen LogP contribution in [0.15, 0.2) is 60.7 Å². The van der Waals surface area contributed by atoms with Crippen LogP contribution in [0, 0.1) is 26.3 Å². The topological polar surface area (TPSA) is 80.0 Å². The Balaban J connectivity index is 1.89. The maximum absolute atomic E-state index is 13.6. The van der Waals surface area contributed by atoms with E-state index >= 15 is 0 Å². The Morgan fingerprint density at radius 2 is 1.76 bits per heavy atom. The fourth-order valence-electron chi connectivity index (χ4n) is 4.40. The van der Waals surface area contributed by atoms with E-state index < -0.39 is 5.97 Å². The number of aryl methyl sites for hydroxylation is 3. The van der Waals surface area contributed by atoms with E-state index in [1.807, 2.05) is 26.0 Å². The first-order valence-electron chi connectivity index (χ1n) is 12.5. The first-order chi connectivity index (χ1) is 17.6. The minimum atomic E-state index is -0.917. The van der Waals surface area contributed by atoms with Crippen molar-refractivity contribution in [1.82, 2.24) is 5.32 Å². The van der Waals surface area contributed by atoms with Crippen LogP contribution < -0.4 is 10.1 Å². The molecule has 0 aliphatic rings. The van der Waals surface area contributed by atoms with Gasteiger partial charge in [0.2, 0.25) is 0 Å². The first-order valence-corrected chi connectivity index (χ1v) is 12.5. The highest BCUT2D eigenvalue weighted by molar-refractivity contribution is 5.96. The number of aliphatic carboxylic acids is 1. The van der Waals surface area contributed by atoms with Gasteiger partial charge in [-0.3, -0.25) is 9.59 Å². The van der Waals surface area contributed by atoms with Gasteiger partial charge < -0.3 is 15.2 Å². The monoisotopic (exact) mass is 498 g/mol. The van der Waals surface area contributed by atoms with Crippen LogP contribution in [0.1, 0.15) is 70.9 Å². The highest BCUT2D eigenvalue weighted by Crippen LogP contribution is 2.26. The molecular formula is C31H34N2O4. The summed E-state index contributed by atoms with van der Waals surface area (Å²) in [5.74, 6) is -0.312. The third-order valence-electron chi connectivity index (χ3n) is 6.04. The Morgan fingerprint density at radius 1 is 1.03 bits per heavy atom. The Labute approximate surface area is 219 Å². The van der Waals surface area contributed by atoms with Crippen LogP contribution in [0.2, 0.25) is 0 Å². The first kappa shape index (κ1) is 27.5. The standard InChI is InChI=1S/C31H34N2O4/c1-20(2)13-29(25-15-21(3)14-22(4)16-25)33-31(36)28-18-27(11-9-24(28)10-12-30(34)35)37-19-23-7-6-8-26(17-23)32-5/h6-9,11,14-18,20,29H,10,12-13,19H2,1-4H3,(H,33,36)(H,34,35). The SMILES string of the molecule is [C-]#[N+]c1cccc(COc2ccc(CCC(=O)O)c(C(=O)NC(CC(C)C)c3cc(C)cc(C)c3)c2)c1. The number of carboxylic acid groups (broad SMARTS) is 1. The molecule has 1 atom stereocenters. The predicted octanol–water partition coefficient (Wildman–Crippen LogP) is 6.97. The zero-order valence-electron chi connectivity index (χ0n) is 21.9. The van der Waals surface area contributed by atoms with Crippen molar-refractivity contribution < 1.29 is 19.4 Å². The summed E-state index contributed by atoms with van der Waals surface area (Å²) in [5.41, 5.74) is 5.78. The van der Waals surface area contributed by atoms with E-state index in [1.165, 1.54) is 0 Å². The fourth-order valence-corrected chi connectivity index (χ4v) is 4.40. The molecule has 6 heteroatoms. The van der Waals surface area contributed by atoms with Gasteiger partial charge in [0.05, 0.1) is 12.6 Å². The van der Waals surface area contributed by atoms with E-state index in [4.69, 9.17) is 11.3 Å². The lowest BCUT2D eigenvalue weighted by Crippen LogP contribution is -2.30. The number of carboxylic acids is 1. The normalized spacial score (nSPS) is 11.6. The number of carbonyl (C=O) groups excluding carboxylic acids is 1. The lowest BCUT2D eigenvalue weighted by atomic mass is 9.93. The summed E-state index contributed by atoms with van der Waals surface area (Å²) in [7, 11) is 0. The third kappa shape index (κ3) is 8.22. The van der Waals surface area contributed by atoms with Crippen molar-refractivity contribution in [3.05, 3.63) is 105 Å². The van der Waals surface area contributed by atoms with E-state index in [9.17, 15) is 14.7 Å². The van der Waals surface area contributed by atoms with Gasteiger partial charge in [-0.15, -0.1) is 0 Å². The molecule has 0 aliphatic heterocycles. The van der Waals surface area contributed by atoms with Gasteiger partial charge in [-0.25, -0.2) is 4.85 Å². The molecule has 0 bridgehead atoms. The van der Waals surface area contributed by atoms with E-state index in [2.05, 4.69) is 42.2 Å². The molecule has 1 unspecified atom stereocenters. The average molecular weight is 499 g/mol. The Kier molecular flexibility index (Phi) is 9.45. The molecule has 3 aromatic rings. The molecule has 1 amide bonds. The zero-order chi connectivity index (χ0) is 26.9. The zero-order valence-corrected chi connectivity index (χ0v) is 21.9. The molecule has 0 radical (unpaired) electrons. The quantitative estimate of drug-likeness (QED) is 0.280. The number of hydrogen-bond acceptors (Lipinski definition) is 3. The van der Waals surface area contributed by atoms with Crippen LogP contribution in [0.3, 0.4) is 0 Å². The van der Waals surface area contributed by atoms with Crippen LogP contribution >= 0.6 is 0 Å². The summed E-state index contributed by atoms with van der Waals surface area (Å²) >= 11 is 0. The number of carbonyl (C=O) groups is 2. The Hall–Kier alpha value is -4.11. The second kappa shape index (κ2) is 12.7. The molecule has 0 fully saturated rings. The fraction of sp³-hybridized carbons (Fsp3) is 0.323. The third-order valence-corrected chi connectivity index (χ3v) is 6.04. The number of hydrogen-bond donors (Lipinski definition) is 2. The highest BCUT2D eigenvalue weighted by atomic mass is 16.5. The van der Waals surface area contributed by atoms with E-state index in [1.54, 1.807) is 30.3 Å². The molecule has 192 valence electrons. The maximum Gasteiger partial charge on any atom is 0.303 e. The van der Waals surface area contributed by atoms with Gasteiger partial charge in [0, 0.05) is 12.0 Å². The molecule has 0 saturated heterocycles. The van der Waals surface area contributed by atoms with Crippen molar-refractivity contribution in [3.8, 4) is 5.75 Å². The van der Waals surface area contributed by atoms with Crippen molar-refractivity contribution in [1.29, 1.82) is 0 Å². The van der Waals surface area contributed by atoms with Gasteiger partial charge in [0.15, 0.2) is 5.69 Å². The van der Waals surface area contributed by atoms with Gasteiger partial charge in [-0.05, 0) is 67.5 Å². The molecule has 0 spiro atoms. The molecular weight excluding hydrogens is 464 g/mol. The number of rotatable bonds is 11. The van der Waals surface area contributed by atoms with Crippen molar-refractivity contribution in [2.75, 3.05) is 0 Å². The van der Waals surface area contributed by atoms with Gasteiger partial charge >= 0.3 is 5.97 Å². The summed E-state index contributed by atoms with van der Waals surface area (Å²) in [6, 6.07) is 18.5. The molecule has 0 saturated carbocycles. The van der Waals surface area contributed by atoms with Crippen LogP contribution in [0.4, 0.5) is 5.69 Å². The number of ether oxygens (including phenoxy) is 1. The summed E-state index contributed by atoms with van der Waals surface area (Å²) in [6.45, 7) is 15.8. The molecule has 3 aromatic carbocycles. The molecule has 6 nitrogen and oxygen atoms in total. The average Bonchev–Trinajstić information content (AvgIpc) is 2.85. The smallest absolute Gasteiger partial charge is 0.303 e. The predicted molar refractivity (Wildman–Crippen MR) is 145 cm³/mol. The van der Waals surface area contributed by atoms with Crippen LogP contribution in [0.25, 0.3) is 4.85 Å².